The SMILES string of the molecule is CCOC(=O)C1=C(C(=O)OCC)C2CSC(CS1)N2Cc1ccc(Cl)cc1. The highest BCUT2D eigenvalue weighted by molar-refractivity contribution is 8.06. The van der Waals surface area contributed by atoms with Crippen molar-refractivity contribution in [3.8, 4) is 0 Å². The van der Waals surface area contributed by atoms with Crippen LogP contribution in [0.3, 0.4) is 0 Å². The molecule has 146 valence electrons. The molecule has 5 nitrogen and oxygen atoms in total. The van der Waals surface area contributed by atoms with Crippen LogP contribution >= 0.6 is 35.1 Å². The summed E-state index contributed by atoms with van der Waals surface area (Å²) in [7, 11) is 0. The van der Waals surface area contributed by atoms with Crippen LogP contribution in [0.2, 0.25) is 5.02 Å². The number of hydrogen-bond acceptors (Lipinski definition) is 7. The molecule has 0 aromatic heterocycles. The minimum atomic E-state index is -0.436. The van der Waals surface area contributed by atoms with E-state index < -0.39 is 11.9 Å². The molecule has 8 heteroatoms. The second-order valence-corrected chi connectivity index (χ2v) is 8.77. The highest BCUT2D eigenvalue weighted by Crippen LogP contribution is 2.43. The van der Waals surface area contributed by atoms with Gasteiger partial charge in [0, 0.05) is 23.1 Å². The Morgan fingerprint density at radius 3 is 2.44 bits per heavy atom. The van der Waals surface area contributed by atoms with Crippen molar-refractivity contribution < 1.29 is 19.1 Å². The van der Waals surface area contributed by atoms with Gasteiger partial charge in [-0.25, -0.2) is 9.59 Å². The zero-order valence-corrected chi connectivity index (χ0v) is 17.7. The third-order valence-corrected chi connectivity index (χ3v) is 7.35. The number of rotatable bonds is 6. The summed E-state index contributed by atoms with van der Waals surface area (Å²) in [5, 5.41) is 0.909. The van der Waals surface area contributed by atoms with Crippen LogP contribution in [0, 0.1) is 0 Å². The third-order valence-electron chi connectivity index (χ3n) is 4.40. The number of nitrogens with zero attached hydrogens (tertiary/aromatic N) is 1. The summed E-state index contributed by atoms with van der Waals surface area (Å²) in [5.74, 6) is 0.596. The normalized spacial score (nSPS) is 22.5. The molecule has 0 radical (unpaired) electrons. The van der Waals surface area contributed by atoms with Crippen molar-refractivity contribution in [3.05, 3.63) is 45.3 Å². The largest absolute Gasteiger partial charge is 0.463 e. The van der Waals surface area contributed by atoms with Gasteiger partial charge in [-0.2, -0.15) is 0 Å². The van der Waals surface area contributed by atoms with E-state index in [1.54, 1.807) is 13.8 Å². The molecule has 2 bridgehead atoms. The Morgan fingerprint density at radius 1 is 1.11 bits per heavy atom. The zero-order valence-electron chi connectivity index (χ0n) is 15.3. The summed E-state index contributed by atoms with van der Waals surface area (Å²) in [6, 6.07) is 7.54. The molecule has 2 atom stereocenters. The van der Waals surface area contributed by atoms with E-state index in [1.807, 2.05) is 36.0 Å². The first-order valence-corrected chi connectivity index (χ1v) is 11.3. The maximum atomic E-state index is 12.7. The zero-order chi connectivity index (χ0) is 19.4. The molecule has 2 aliphatic rings. The third kappa shape index (κ3) is 4.65. The van der Waals surface area contributed by atoms with Gasteiger partial charge in [-0.05, 0) is 31.5 Å². The van der Waals surface area contributed by atoms with E-state index in [2.05, 4.69) is 4.90 Å². The van der Waals surface area contributed by atoms with Crippen LogP contribution in [-0.4, -0.2) is 53.0 Å². The monoisotopic (exact) mass is 427 g/mol. The first-order valence-electron chi connectivity index (χ1n) is 8.88. The van der Waals surface area contributed by atoms with E-state index in [4.69, 9.17) is 21.1 Å². The molecule has 27 heavy (non-hydrogen) atoms. The van der Waals surface area contributed by atoms with Crippen LogP contribution in [0.5, 0.6) is 0 Å². The van der Waals surface area contributed by atoms with E-state index in [0.717, 1.165) is 11.3 Å². The molecule has 1 aromatic rings. The Hall–Kier alpha value is -1.15. The van der Waals surface area contributed by atoms with Gasteiger partial charge in [0.2, 0.25) is 0 Å². The lowest BCUT2D eigenvalue weighted by Crippen LogP contribution is -2.39. The van der Waals surface area contributed by atoms with Crippen LogP contribution in [0.1, 0.15) is 19.4 Å². The Morgan fingerprint density at radius 2 is 1.78 bits per heavy atom. The lowest BCUT2D eigenvalue weighted by molar-refractivity contribution is -0.141. The van der Waals surface area contributed by atoms with E-state index in [9.17, 15) is 9.59 Å². The minimum Gasteiger partial charge on any atom is -0.463 e. The van der Waals surface area contributed by atoms with E-state index in [0.29, 0.717) is 27.8 Å². The Kier molecular flexibility index (Phi) is 7.14. The fourth-order valence-corrected chi connectivity index (χ4v) is 6.13. The molecule has 1 aromatic carbocycles. The summed E-state index contributed by atoms with van der Waals surface area (Å²) >= 11 is 9.20. The number of carbonyl (C=O) groups excluding carboxylic acids is 2. The number of carbonyl (C=O) groups is 2. The van der Waals surface area contributed by atoms with Crippen LogP contribution < -0.4 is 0 Å². The van der Waals surface area contributed by atoms with Gasteiger partial charge in [0.15, 0.2) is 0 Å². The average Bonchev–Trinajstić information content (AvgIpc) is 2.93. The van der Waals surface area contributed by atoms with E-state index in [1.165, 1.54) is 11.8 Å². The van der Waals surface area contributed by atoms with Gasteiger partial charge in [0.05, 0.1) is 30.2 Å². The summed E-state index contributed by atoms with van der Waals surface area (Å²) in [6.45, 7) is 4.75. The Balaban J connectivity index is 1.94. The van der Waals surface area contributed by atoms with Gasteiger partial charge < -0.3 is 9.47 Å². The lowest BCUT2D eigenvalue weighted by atomic mass is 10.1. The lowest BCUT2D eigenvalue weighted by Gasteiger charge is -2.28. The topological polar surface area (TPSA) is 55.8 Å². The Labute approximate surface area is 172 Å². The summed E-state index contributed by atoms with van der Waals surface area (Å²) < 4.78 is 10.5. The summed E-state index contributed by atoms with van der Waals surface area (Å²) in [5.41, 5.74) is 1.55. The van der Waals surface area contributed by atoms with Gasteiger partial charge in [-0.1, -0.05) is 23.7 Å². The fraction of sp³-hybridized carbons (Fsp3) is 0.474. The Bertz CT molecular complexity index is 738. The second kappa shape index (κ2) is 9.37. The van der Waals surface area contributed by atoms with Gasteiger partial charge in [0.25, 0.3) is 0 Å². The van der Waals surface area contributed by atoms with Crippen LogP contribution in [0.15, 0.2) is 34.7 Å². The van der Waals surface area contributed by atoms with Crippen LogP contribution in [0.4, 0.5) is 0 Å². The number of hydrogen-bond donors (Lipinski definition) is 0. The molecule has 0 amide bonds. The molecule has 3 rings (SSSR count). The maximum Gasteiger partial charge on any atom is 0.345 e. The maximum absolute atomic E-state index is 12.7. The molecular weight excluding hydrogens is 406 g/mol. The summed E-state index contributed by atoms with van der Waals surface area (Å²) in [6.07, 6.45) is 0. The molecule has 0 saturated carbocycles. The average molecular weight is 428 g/mol. The molecule has 2 unspecified atom stereocenters. The molecule has 1 saturated heterocycles. The minimum absolute atomic E-state index is 0.177. The number of thioether (sulfide) groups is 2. The molecular formula is C19H22ClNO4S2. The quantitative estimate of drug-likeness (QED) is 0.641. The van der Waals surface area contributed by atoms with Crippen LogP contribution in [0.25, 0.3) is 0 Å². The first-order chi connectivity index (χ1) is 13.0. The van der Waals surface area contributed by atoms with Gasteiger partial charge in [0.1, 0.15) is 4.91 Å². The van der Waals surface area contributed by atoms with Crippen LogP contribution in [-0.2, 0) is 25.6 Å². The van der Waals surface area contributed by atoms with Crippen molar-refractivity contribution in [2.75, 3.05) is 24.7 Å². The fourth-order valence-electron chi connectivity index (χ4n) is 3.19. The highest BCUT2D eigenvalue weighted by atomic mass is 35.5. The predicted octanol–water partition coefficient (Wildman–Crippen LogP) is 3.71. The molecule has 1 fully saturated rings. The second-order valence-electron chi connectivity index (χ2n) is 6.10. The molecule has 0 spiro atoms. The molecule has 0 aliphatic carbocycles. The summed E-state index contributed by atoms with van der Waals surface area (Å²) in [4.78, 5) is 27.9. The highest BCUT2D eigenvalue weighted by Gasteiger charge is 2.44. The van der Waals surface area contributed by atoms with Gasteiger partial charge in [-0.15, -0.1) is 23.5 Å². The number of fused-ring (bicyclic) bond motifs is 2. The number of halogens is 1. The number of ether oxygens (including phenoxy) is 2. The molecule has 0 N–H and O–H groups in total. The van der Waals surface area contributed by atoms with Crippen molar-refractivity contribution in [1.82, 2.24) is 4.90 Å². The van der Waals surface area contributed by atoms with E-state index >= 15 is 0 Å². The first kappa shape index (κ1) is 20.6. The van der Waals surface area contributed by atoms with E-state index in [-0.39, 0.29) is 24.6 Å². The van der Waals surface area contributed by atoms with Crippen molar-refractivity contribution >= 4 is 47.1 Å². The molecule has 2 heterocycles. The van der Waals surface area contributed by atoms with Crippen molar-refractivity contribution in [2.24, 2.45) is 0 Å². The van der Waals surface area contributed by atoms with Gasteiger partial charge >= 0.3 is 11.9 Å². The molecule has 2 aliphatic heterocycles. The standard InChI is InChI=1S/C19H22ClNO4S2/c1-3-24-18(22)16-14-10-26-15(11-27-17(16)19(23)25-4-2)21(14)9-12-5-7-13(20)8-6-12/h5-8,14-15H,3-4,9-11H2,1-2H3. The van der Waals surface area contributed by atoms with Gasteiger partial charge in [-0.3, -0.25) is 4.90 Å². The number of benzene rings is 1. The smallest absolute Gasteiger partial charge is 0.345 e. The van der Waals surface area contributed by atoms with Crippen molar-refractivity contribution in [2.45, 2.75) is 31.8 Å². The van der Waals surface area contributed by atoms with Crippen molar-refractivity contribution in [1.29, 1.82) is 0 Å². The van der Waals surface area contributed by atoms with Crippen molar-refractivity contribution in [3.63, 3.8) is 0 Å². The number of esters is 2. The predicted molar refractivity (Wildman–Crippen MR) is 110 cm³/mol.